The van der Waals surface area contributed by atoms with E-state index in [9.17, 15) is 13.2 Å². The topological polar surface area (TPSA) is 88.1 Å². The molecule has 3 rings (SSSR count). The Morgan fingerprint density at radius 1 is 1.21 bits per heavy atom. The van der Waals surface area contributed by atoms with Crippen LogP contribution in [0.5, 0.6) is 5.75 Å². The number of carbonyl (C=O) groups is 1. The van der Waals surface area contributed by atoms with Crippen molar-refractivity contribution in [2.45, 2.75) is 31.6 Å². The van der Waals surface area contributed by atoms with E-state index in [0.29, 0.717) is 29.5 Å². The molecular weight excluding hydrogens is 378 g/mol. The molecule has 0 aromatic heterocycles. The fourth-order valence-electron chi connectivity index (χ4n) is 3.03. The number of carbonyl (C=O) groups excluding carboxylic acids is 1. The van der Waals surface area contributed by atoms with Crippen molar-refractivity contribution in [3.05, 3.63) is 48.0 Å². The average Bonchev–Trinajstić information content (AvgIpc) is 2.67. The number of nitrogens with zero attached hydrogens (tertiary/aromatic N) is 2. The number of sulfonamides is 1. The number of ether oxygens (including phenoxy) is 1. The summed E-state index contributed by atoms with van der Waals surface area (Å²) in [6.45, 7) is 4.42. The molecular formula is C20H23N3O4S. The van der Waals surface area contributed by atoms with E-state index in [1.165, 1.54) is 6.07 Å². The van der Waals surface area contributed by atoms with Crippen molar-refractivity contribution in [1.82, 2.24) is 0 Å². The fourth-order valence-corrected chi connectivity index (χ4v) is 4.30. The van der Waals surface area contributed by atoms with Crippen molar-refractivity contribution >= 4 is 33.1 Å². The summed E-state index contributed by atoms with van der Waals surface area (Å²) in [7, 11) is -2.30. The van der Waals surface area contributed by atoms with Gasteiger partial charge in [-0.1, -0.05) is 19.4 Å². The number of rotatable bonds is 6. The Morgan fingerprint density at radius 3 is 2.71 bits per heavy atom. The molecule has 0 aliphatic carbocycles. The van der Waals surface area contributed by atoms with Gasteiger partial charge in [-0.3, -0.25) is 4.79 Å². The number of nitrogens with one attached hydrogen (secondary N) is 1. The van der Waals surface area contributed by atoms with Gasteiger partial charge in [-0.2, -0.15) is 8.42 Å². The molecule has 2 aromatic carbocycles. The molecule has 0 saturated heterocycles. The number of amides is 1. The van der Waals surface area contributed by atoms with E-state index in [1.807, 2.05) is 4.90 Å². The van der Waals surface area contributed by atoms with E-state index in [1.54, 1.807) is 50.4 Å². The lowest BCUT2D eigenvalue weighted by Gasteiger charge is -2.29. The first-order valence-electron chi connectivity index (χ1n) is 9.04. The van der Waals surface area contributed by atoms with E-state index in [2.05, 4.69) is 16.6 Å². The summed E-state index contributed by atoms with van der Waals surface area (Å²) in [5, 5.41) is 2.76. The number of amidine groups is 1. The van der Waals surface area contributed by atoms with Gasteiger partial charge in [-0.05, 0) is 43.7 Å². The van der Waals surface area contributed by atoms with Crippen LogP contribution in [0.25, 0.3) is 0 Å². The maximum absolute atomic E-state index is 12.6. The molecule has 1 amide bonds. The smallest absolute Gasteiger partial charge is 0.286 e. The molecule has 1 aliphatic rings. The van der Waals surface area contributed by atoms with Crippen LogP contribution in [-0.2, 0) is 10.0 Å². The Morgan fingerprint density at radius 2 is 2.00 bits per heavy atom. The first-order chi connectivity index (χ1) is 13.4. The van der Waals surface area contributed by atoms with E-state index < -0.39 is 15.9 Å². The molecule has 0 spiro atoms. The fraction of sp³-hybridized carbons (Fsp3) is 0.300. The lowest BCUT2D eigenvalue weighted by atomic mass is 10.1. The molecule has 1 aliphatic heterocycles. The van der Waals surface area contributed by atoms with Crippen molar-refractivity contribution < 1.29 is 17.9 Å². The molecule has 0 radical (unpaired) electrons. The highest BCUT2D eigenvalue weighted by molar-refractivity contribution is 7.90. The lowest BCUT2D eigenvalue weighted by Crippen LogP contribution is -2.34. The largest absolute Gasteiger partial charge is 0.497 e. The number of fused-ring (bicyclic) bond motifs is 1. The van der Waals surface area contributed by atoms with E-state index in [4.69, 9.17) is 4.74 Å². The summed E-state index contributed by atoms with van der Waals surface area (Å²) < 4.78 is 34.1. The number of benzene rings is 2. The molecule has 28 heavy (non-hydrogen) atoms. The van der Waals surface area contributed by atoms with Crippen LogP contribution in [0, 0.1) is 0 Å². The number of methoxy groups -OCH3 is 1. The number of anilines is 2. The normalized spacial score (nSPS) is 14.8. The second kappa shape index (κ2) is 8.02. The zero-order valence-electron chi connectivity index (χ0n) is 16.1. The van der Waals surface area contributed by atoms with Crippen molar-refractivity contribution in [2.75, 3.05) is 23.9 Å². The maximum Gasteiger partial charge on any atom is 0.286 e. The van der Waals surface area contributed by atoms with Crippen molar-refractivity contribution in [2.24, 2.45) is 4.40 Å². The summed E-state index contributed by atoms with van der Waals surface area (Å²) >= 11 is 0. The van der Waals surface area contributed by atoms with Crippen LogP contribution in [0.3, 0.4) is 0 Å². The third-order valence-electron chi connectivity index (χ3n) is 4.50. The lowest BCUT2D eigenvalue weighted by molar-refractivity contribution is 0.102. The quantitative estimate of drug-likeness (QED) is 0.798. The van der Waals surface area contributed by atoms with E-state index in [0.717, 1.165) is 12.8 Å². The second-order valence-electron chi connectivity index (χ2n) is 6.49. The minimum Gasteiger partial charge on any atom is -0.497 e. The summed E-state index contributed by atoms with van der Waals surface area (Å²) in [5.41, 5.74) is 1.36. The van der Waals surface area contributed by atoms with Gasteiger partial charge in [0.25, 0.3) is 15.9 Å². The molecule has 2 aromatic rings. The minimum atomic E-state index is -3.84. The number of hydrogen-bond acceptors (Lipinski definition) is 5. The van der Waals surface area contributed by atoms with Gasteiger partial charge in [-0.25, -0.2) is 0 Å². The molecule has 8 heteroatoms. The average molecular weight is 401 g/mol. The second-order valence-corrected chi connectivity index (χ2v) is 8.06. The van der Waals surface area contributed by atoms with Gasteiger partial charge in [0.1, 0.15) is 16.5 Å². The van der Waals surface area contributed by atoms with Gasteiger partial charge in [0, 0.05) is 23.9 Å². The predicted molar refractivity (Wildman–Crippen MR) is 110 cm³/mol. The zero-order valence-corrected chi connectivity index (χ0v) is 16.9. The third kappa shape index (κ3) is 4.01. The Labute approximate surface area is 165 Å². The van der Waals surface area contributed by atoms with Gasteiger partial charge < -0.3 is 15.0 Å². The van der Waals surface area contributed by atoms with Crippen LogP contribution in [0.4, 0.5) is 11.4 Å². The van der Waals surface area contributed by atoms with Gasteiger partial charge in [-0.15, -0.1) is 4.40 Å². The van der Waals surface area contributed by atoms with E-state index in [-0.39, 0.29) is 10.5 Å². The Bertz CT molecular complexity index is 1030. The Hall–Kier alpha value is -2.87. The molecule has 0 saturated carbocycles. The van der Waals surface area contributed by atoms with Crippen LogP contribution < -0.4 is 15.0 Å². The molecule has 0 atom stereocenters. The van der Waals surface area contributed by atoms with Crippen molar-refractivity contribution in [3.8, 4) is 5.75 Å². The first kappa shape index (κ1) is 19.9. The standard InChI is InChI=1S/C20H23N3O4S/c1-4-5-11-23-14(2)22-28(25,26)19-12-15(9-10-18(19)23)20(24)21-16-7-6-8-17(13-16)27-3/h6-10,12-13H,4-5,11H2,1-3H3,(H,21,24). The summed E-state index contributed by atoms with van der Waals surface area (Å²) in [5.74, 6) is 0.648. The highest BCUT2D eigenvalue weighted by Crippen LogP contribution is 2.33. The highest BCUT2D eigenvalue weighted by atomic mass is 32.2. The Balaban J connectivity index is 1.93. The number of hydrogen-bond donors (Lipinski definition) is 1. The van der Waals surface area contributed by atoms with Gasteiger partial charge >= 0.3 is 0 Å². The molecule has 0 unspecified atom stereocenters. The van der Waals surface area contributed by atoms with Crippen LogP contribution in [0.15, 0.2) is 51.8 Å². The molecule has 0 fully saturated rings. The highest BCUT2D eigenvalue weighted by Gasteiger charge is 2.29. The minimum absolute atomic E-state index is 0.0486. The zero-order chi connectivity index (χ0) is 20.3. The SMILES string of the molecule is CCCCN1C(C)=NS(=O)(=O)c2cc(C(=O)Nc3cccc(OC)c3)ccc21. The first-order valence-corrected chi connectivity index (χ1v) is 10.5. The number of unbranched alkanes of at least 4 members (excludes halogenated alkanes) is 1. The van der Waals surface area contributed by atoms with Crippen LogP contribution in [0.1, 0.15) is 37.0 Å². The van der Waals surface area contributed by atoms with Crippen LogP contribution >= 0.6 is 0 Å². The molecule has 148 valence electrons. The predicted octanol–water partition coefficient (Wildman–Crippen LogP) is 3.67. The van der Waals surface area contributed by atoms with Gasteiger partial charge in [0.05, 0.1) is 12.8 Å². The summed E-state index contributed by atoms with van der Waals surface area (Å²) in [6, 6.07) is 11.6. The molecule has 1 heterocycles. The molecule has 7 nitrogen and oxygen atoms in total. The van der Waals surface area contributed by atoms with Crippen LogP contribution in [0.2, 0.25) is 0 Å². The van der Waals surface area contributed by atoms with E-state index >= 15 is 0 Å². The maximum atomic E-state index is 12.6. The van der Waals surface area contributed by atoms with Crippen molar-refractivity contribution in [1.29, 1.82) is 0 Å². The third-order valence-corrected chi connectivity index (χ3v) is 5.88. The molecule has 1 N–H and O–H groups in total. The summed E-state index contributed by atoms with van der Waals surface area (Å²) in [6.07, 6.45) is 1.89. The summed E-state index contributed by atoms with van der Waals surface area (Å²) in [4.78, 5) is 14.6. The molecule has 0 bridgehead atoms. The Kier molecular flexibility index (Phi) is 5.69. The van der Waals surface area contributed by atoms with Crippen LogP contribution in [-0.4, -0.2) is 33.8 Å². The monoisotopic (exact) mass is 401 g/mol. The van der Waals surface area contributed by atoms with Gasteiger partial charge in [0.15, 0.2) is 0 Å². The van der Waals surface area contributed by atoms with Gasteiger partial charge in [0.2, 0.25) is 0 Å². The van der Waals surface area contributed by atoms with Crippen molar-refractivity contribution in [3.63, 3.8) is 0 Å².